The SMILES string of the molecule is CCc1ccccc1-n1cc(CNC)nn1. The van der Waals surface area contributed by atoms with Crippen molar-refractivity contribution in [2.45, 2.75) is 19.9 Å². The molecule has 4 heteroatoms. The predicted octanol–water partition coefficient (Wildman–Crippen LogP) is 1.55. The van der Waals surface area contributed by atoms with Crippen LogP contribution in [0.4, 0.5) is 0 Å². The highest BCUT2D eigenvalue weighted by Gasteiger charge is 2.05. The van der Waals surface area contributed by atoms with Crippen molar-refractivity contribution in [3.05, 3.63) is 41.7 Å². The molecule has 0 aliphatic heterocycles. The lowest BCUT2D eigenvalue weighted by molar-refractivity contribution is 0.764. The van der Waals surface area contributed by atoms with Crippen LogP contribution in [0.2, 0.25) is 0 Å². The van der Waals surface area contributed by atoms with Gasteiger partial charge in [-0.3, -0.25) is 0 Å². The molecule has 1 aromatic carbocycles. The topological polar surface area (TPSA) is 42.7 Å². The molecular weight excluding hydrogens is 200 g/mol. The quantitative estimate of drug-likeness (QED) is 0.843. The summed E-state index contributed by atoms with van der Waals surface area (Å²) in [6, 6.07) is 8.26. The molecule has 2 aromatic rings. The second-order valence-corrected chi connectivity index (χ2v) is 3.67. The van der Waals surface area contributed by atoms with Crippen LogP contribution in [0.1, 0.15) is 18.2 Å². The Bertz CT molecular complexity index is 462. The molecule has 1 N–H and O–H groups in total. The van der Waals surface area contributed by atoms with Gasteiger partial charge in [0.25, 0.3) is 0 Å². The van der Waals surface area contributed by atoms with Gasteiger partial charge in [-0.25, -0.2) is 4.68 Å². The van der Waals surface area contributed by atoms with Crippen LogP contribution >= 0.6 is 0 Å². The van der Waals surface area contributed by atoms with Crippen molar-refractivity contribution in [3.8, 4) is 5.69 Å². The zero-order valence-corrected chi connectivity index (χ0v) is 9.64. The highest BCUT2D eigenvalue weighted by molar-refractivity contribution is 5.40. The van der Waals surface area contributed by atoms with Crippen LogP contribution in [-0.2, 0) is 13.0 Å². The number of benzene rings is 1. The second-order valence-electron chi connectivity index (χ2n) is 3.67. The molecule has 0 aliphatic rings. The van der Waals surface area contributed by atoms with E-state index >= 15 is 0 Å². The number of para-hydroxylation sites is 1. The Morgan fingerprint density at radius 3 is 2.88 bits per heavy atom. The second kappa shape index (κ2) is 4.90. The Morgan fingerprint density at radius 2 is 2.12 bits per heavy atom. The van der Waals surface area contributed by atoms with E-state index in [1.54, 1.807) is 0 Å². The summed E-state index contributed by atoms with van der Waals surface area (Å²) in [7, 11) is 1.90. The smallest absolute Gasteiger partial charge is 0.0969 e. The average Bonchev–Trinajstić information content (AvgIpc) is 2.78. The van der Waals surface area contributed by atoms with Crippen molar-refractivity contribution in [2.75, 3.05) is 7.05 Å². The number of rotatable bonds is 4. The first-order valence-corrected chi connectivity index (χ1v) is 5.49. The van der Waals surface area contributed by atoms with E-state index in [0.29, 0.717) is 0 Å². The molecule has 0 atom stereocenters. The molecule has 0 saturated heterocycles. The Kier molecular flexibility index (Phi) is 3.31. The molecule has 0 spiro atoms. The number of hydrogen-bond acceptors (Lipinski definition) is 3. The monoisotopic (exact) mass is 216 g/mol. The fraction of sp³-hybridized carbons (Fsp3) is 0.333. The molecule has 0 fully saturated rings. The fourth-order valence-electron chi connectivity index (χ4n) is 1.71. The number of nitrogens with zero attached hydrogens (tertiary/aromatic N) is 3. The third-order valence-electron chi connectivity index (χ3n) is 2.52. The Morgan fingerprint density at radius 1 is 1.31 bits per heavy atom. The lowest BCUT2D eigenvalue weighted by Gasteiger charge is -2.05. The minimum atomic E-state index is 0.744. The molecule has 84 valence electrons. The molecule has 0 unspecified atom stereocenters. The maximum absolute atomic E-state index is 4.14. The molecule has 4 nitrogen and oxygen atoms in total. The number of hydrogen-bond donors (Lipinski definition) is 1. The average molecular weight is 216 g/mol. The number of aromatic nitrogens is 3. The summed E-state index contributed by atoms with van der Waals surface area (Å²) < 4.78 is 1.84. The minimum absolute atomic E-state index is 0.744. The van der Waals surface area contributed by atoms with E-state index in [0.717, 1.165) is 24.3 Å². The van der Waals surface area contributed by atoms with Gasteiger partial charge in [-0.1, -0.05) is 30.3 Å². The largest absolute Gasteiger partial charge is 0.314 e. The number of aryl methyl sites for hydroxylation is 1. The first-order chi connectivity index (χ1) is 7.85. The van der Waals surface area contributed by atoms with E-state index in [1.165, 1.54) is 5.56 Å². The molecule has 1 heterocycles. The van der Waals surface area contributed by atoms with E-state index in [1.807, 2.05) is 30.1 Å². The van der Waals surface area contributed by atoms with Gasteiger partial charge in [0.05, 0.1) is 17.6 Å². The molecule has 0 saturated carbocycles. The van der Waals surface area contributed by atoms with Crippen molar-refractivity contribution >= 4 is 0 Å². The molecule has 0 radical (unpaired) electrons. The van der Waals surface area contributed by atoms with Crippen LogP contribution in [0, 0.1) is 0 Å². The summed E-state index contributed by atoms with van der Waals surface area (Å²) in [5.41, 5.74) is 3.34. The van der Waals surface area contributed by atoms with Gasteiger partial charge in [-0.15, -0.1) is 5.10 Å². The van der Waals surface area contributed by atoms with Crippen molar-refractivity contribution in [1.29, 1.82) is 0 Å². The maximum Gasteiger partial charge on any atom is 0.0969 e. The summed E-state index contributed by atoms with van der Waals surface area (Å²) in [6.07, 6.45) is 2.96. The van der Waals surface area contributed by atoms with Crippen molar-refractivity contribution < 1.29 is 0 Å². The number of nitrogens with one attached hydrogen (secondary N) is 1. The fourth-order valence-corrected chi connectivity index (χ4v) is 1.71. The third-order valence-corrected chi connectivity index (χ3v) is 2.52. The van der Waals surface area contributed by atoms with Gasteiger partial charge in [0, 0.05) is 6.54 Å². The summed E-state index contributed by atoms with van der Waals surface area (Å²) in [6.45, 7) is 2.89. The Labute approximate surface area is 95.3 Å². The van der Waals surface area contributed by atoms with E-state index in [2.05, 4.69) is 34.7 Å². The van der Waals surface area contributed by atoms with Gasteiger partial charge in [-0.2, -0.15) is 0 Å². The van der Waals surface area contributed by atoms with E-state index < -0.39 is 0 Å². The highest BCUT2D eigenvalue weighted by Crippen LogP contribution is 2.13. The first-order valence-electron chi connectivity index (χ1n) is 5.49. The zero-order valence-electron chi connectivity index (χ0n) is 9.64. The van der Waals surface area contributed by atoms with Crippen molar-refractivity contribution in [3.63, 3.8) is 0 Å². The predicted molar refractivity (Wildman–Crippen MR) is 63.5 cm³/mol. The third kappa shape index (κ3) is 2.12. The molecule has 0 aliphatic carbocycles. The lowest BCUT2D eigenvalue weighted by atomic mass is 10.1. The van der Waals surface area contributed by atoms with Crippen molar-refractivity contribution in [2.24, 2.45) is 0 Å². The van der Waals surface area contributed by atoms with Crippen LogP contribution in [0.5, 0.6) is 0 Å². The molecule has 0 amide bonds. The van der Waals surface area contributed by atoms with Crippen LogP contribution in [0.25, 0.3) is 5.69 Å². The molecule has 16 heavy (non-hydrogen) atoms. The van der Waals surface area contributed by atoms with E-state index in [-0.39, 0.29) is 0 Å². The van der Waals surface area contributed by atoms with Gasteiger partial charge in [0.2, 0.25) is 0 Å². The van der Waals surface area contributed by atoms with Gasteiger partial charge < -0.3 is 5.32 Å². The lowest BCUT2D eigenvalue weighted by Crippen LogP contribution is -2.05. The molecule has 2 rings (SSSR count). The van der Waals surface area contributed by atoms with Gasteiger partial charge in [-0.05, 0) is 25.1 Å². The summed E-state index contributed by atoms with van der Waals surface area (Å²) in [5, 5.41) is 11.3. The molecule has 1 aromatic heterocycles. The standard InChI is InChI=1S/C12H16N4/c1-3-10-6-4-5-7-12(10)16-9-11(8-13-2)14-15-16/h4-7,9,13H,3,8H2,1-2H3. The summed E-state index contributed by atoms with van der Waals surface area (Å²) >= 11 is 0. The normalized spacial score (nSPS) is 10.6. The Hall–Kier alpha value is -1.68. The van der Waals surface area contributed by atoms with Crippen LogP contribution < -0.4 is 5.32 Å². The highest BCUT2D eigenvalue weighted by atomic mass is 15.4. The van der Waals surface area contributed by atoms with Gasteiger partial charge >= 0.3 is 0 Å². The summed E-state index contributed by atoms with van der Waals surface area (Å²) in [4.78, 5) is 0. The van der Waals surface area contributed by atoms with Crippen LogP contribution in [0.15, 0.2) is 30.5 Å². The van der Waals surface area contributed by atoms with Gasteiger partial charge in [0.15, 0.2) is 0 Å². The van der Waals surface area contributed by atoms with Crippen LogP contribution in [0.3, 0.4) is 0 Å². The van der Waals surface area contributed by atoms with Crippen LogP contribution in [-0.4, -0.2) is 22.0 Å². The summed E-state index contributed by atoms with van der Waals surface area (Å²) in [5.74, 6) is 0. The Balaban J connectivity index is 2.34. The van der Waals surface area contributed by atoms with Gasteiger partial charge in [0.1, 0.15) is 0 Å². The minimum Gasteiger partial charge on any atom is -0.314 e. The van der Waals surface area contributed by atoms with E-state index in [4.69, 9.17) is 0 Å². The zero-order chi connectivity index (χ0) is 11.4. The first kappa shape index (κ1) is 10.8. The van der Waals surface area contributed by atoms with E-state index in [9.17, 15) is 0 Å². The maximum atomic E-state index is 4.14. The molecule has 0 bridgehead atoms. The van der Waals surface area contributed by atoms with Crippen molar-refractivity contribution in [1.82, 2.24) is 20.3 Å². The molecular formula is C12H16N4.